The lowest BCUT2D eigenvalue weighted by atomic mass is 10.0. The van der Waals surface area contributed by atoms with Crippen molar-refractivity contribution in [2.75, 3.05) is 19.8 Å². The Balaban J connectivity index is 4.10. The van der Waals surface area contributed by atoms with Gasteiger partial charge in [0.15, 0.2) is 6.10 Å². The van der Waals surface area contributed by atoms with E-state index in [4.69, 9.17) is 24.8 Å². The Morgan fingerprint density at radius 1 is 0.500 bits per heavy atom. The minimum Gasteiger partial charge on any atom is -0.480 e. The van der Waals surface area contributed by atoms with E-state index in [9.17, 15) is 23.8 Å². The minimum absolute atomic E-state index is 0.166. The second kappa shape index (κ2) is 38.4. The van der Waals surface area contributed by atoms with Crippen molar-refractivity contribution in [3.63, 3.8) is 0 Å². The summed E-state index contributed by atoms with van der Waals surface area (Å²) in [5.41, 5.74) is 5.32. The second-order valence-corrected chi connectivity index (χ2v) is 16.7. The van der Waals surface area contributed by atoms with Crippen LogP contribution < -0.4 is 5.73 Å². The summed E-state index contributed by atoms with van der Waals surface area (Å²) in [5, 5.41) is 8.86. The normalized spacial score (nSPS) is 13.7. The molecule has 0 aliphatic carbocycles. The molecule has 0 aromatic rings. The molecule has 0 rings (SSSR count). The molecule has 3 atom stereocenters. The van der Waals surface area contributed by atoms with Gasteiger partial charge in [0.05, 0.1) is 13.2 Å². The molecule has 12 heteroatoms. The number of hydrogen-bond acceptors (Lipinski definition) is 9. The van der Waals surface area contributed by atoms with Crippen molar-refractivity contribution in [1.29, 1.82) is 0 Å². The van der Waals surface area contributed by atoms with Crippen LogP contribution in [0.25, 0.3) is 0 Å². The van der Waals surface area contributed by atoms with E-state index < -0.39 is 51.1 Å². The van der Waals surface area contributed by atoms with Crippen LogP contribution in [0.5, 0.6) is 0 Å². The van der Waals surface area contributed by atoms with E-state index >= 15 is 0 Å². The van der Waals surface area contributed by atoms with E-state index in [2.05, 4.69) is 18.4 Å². The first-order chi connectivity index (χ1) is 26.1. The topological polar surface area (TPSA) is 172 Å². The number of phosphoric acid groups is 1. The lowest BCUT2D eigenvalue weighted by molar-refractivity contribution is -0.161. The third-order valence-electron chi connectivity index (χ3n) is 9.86. The highest BCUT2D eigenvalue weighted by Gasteiger charge is 2.28. The maximum Gasteiger partial charge on any atom is 0.472 e. The third kappa shape index (κ3) is 37.4. The third-order valence-corrected chi connectivity index (χ3v) is 10.8. The van der Waals surface area contributed by atoms with Gasteiger partial charge in [-0.1, -0.05) is 194 Å². The van der Waals surface area contributed by atoms with E-state index in [0.29, 0.717) is 12.8 Å². The average Bonchev–Trinajstić information content (AvgIpc) is 3.14. The van der Waals surface area contributed by atoms with Gasteiger partial charge in [0, 0.05) is 12.8 Å². The summed E-state index contributed by atoms with van der Waals surface area (Å²) in [7, 11) is -4.70. The smallest absolute Gasteiger partial charge is 0.472 e. The molecular formula is C42H82NO10P. The molecule has 11 nitrogen and oxygen atoms in total. The predicted molar refractivity (Wildman–Crippen MR) is 217 cm³/mol. The highest BCUT2D eigenvalue weighted by atomic mass is 31.2. The number of carboxylic acids is 1. The molecule has 320 valence electrons. The van der Waals surface area contributed by atoms with Crippen LogP contribution in [0.1, 0.15) is 219 Å². The van der Waals surface area contributed by atoms with Crippen molar-refractivity contribution in [1.82, 2.24) is 0 Å². The number of esters is 2. The van der Waals surface area contributed by atoms with E-state index in [1.54, 1.807) is 0 Å². The number of carbonyl (C=O) groups is 3. The van der Waals surface area contributed by atoms with Gasteiger partial charge in [-0.3, -0.25) is 23.4 Å². The molecule has 0 aliphatic heterocycles. The van der Waals surface area contributed by atoms with Crippen LogP contribution >= 0.6 is 7.82 Å². The Labute approximate surface area is 329 Å². The molecule has 0 saturated carbocycles. The summed E-state index contributed by atoms with van der Waals surface area (Å²) in [6, 6.07) is -1.51. The molecule has 0 aromatic heterocycles. The molecular weight excluding hydrogens is 709 g/mol. The van der Waals surface area contributed by atoms with Gasteiger partial charge in [-0.15, -0.1) is 0 Å². The zero-order valence-electron chi connectivity index (χ0n) is 34.6. The quantitative estimate of drug-likeness (QED) is 0.0305. The van der Waals surface area contributed by atoms with Crippen molar-refractivity contribution in [3.8, 4) is 0 Å². The summed E-state index contributed by atoms with van der Waals surface area (Å²) in [4.78, 5) is 45.7. The fourth-order valence-corrected chi connectivity index (χ4v) is 7.14. The number of rotatable bonds is 42. The molecule has 0 aromatic carbocycles. The van der Waals surface area contributed by atoms with Gasteiger partial charge in [0.25, 0.3) is 0 Å². The minimum atomic E-state index is -4.70. The van der Waals surface area contributed by atoms with Gasteiger partial charge in [-0.05, 0) is 12.8 Å². The zero-order chi connectivity index (χ0) is 40.0. The summed E-state index contributed by atoms with van der Waals surface area (Å²) >= 11 is 0. The molecule has 0 aliphatic rings. The van der Waals surface area contributed by atoms with Gasteiger partial charge in [0.1, 0.15) is 12.6 Å². The summed E-state index contributed by atoms with van der Waals surface area (Å²) < 4.78 is 32.6. The van der Waals surface area contributed by atoms with Crippen molar-refractivity contribution >= 4 is 25.7 Å². The SMILES string of the molecule is CCCCCCCCCCCCCCCCCCCCCCCCC(=O)OC[C@@H](COP(=O)(O)OC[C@@H](N)C(=O)O)OC(=O)CCCCCCCCCC. The van der Waals surface area contributed by atoms with Crippen molar-refractivity contribution in [2.45, 2.75) is 231 Å². The molecule has 0 spiro atoms. The fraction of sp³-hybridized carbons (Fsp3) is 0.929. The van der Waals surface area contributed by atoms with Crippen molar-refractivity contribution < 1.29 is 47.5 Å². The zero-order valence-corrected chi connectivity index (χ0v) is 35.5. The molecule has 0 radical (unpaired) electrons. The highest BCUT2D eigenvalue weighted by Crippen LogP contribution is 2.43. The van der Waals surface area contributed by atoms with E-state index in [-0.39, 0.29) is 19.4 Å². The van der Waals surface area contributed by atoms with Crippen LogP contribution in [-0.2, 0) is 37.5 Å². The standard InChI is InChI=1S/C42H82NO10P/c1-3-5-7-9-11-13-14-15-16-17-18-19-20-21-22-23-24-25-26-28-29-31-33-40(44)50-35-38(36-51-54(48,49)52-37-39(43)42(46)47)53-41(45)34-32-30-27-12-10-8-6-4-2/h38-39H,3-37,43H2,1-2H3,(H,46,47)(H,48,49)/t38-,39+/m0/s1. The van der Waals surface area contributed by atoms with Gasteiger partial charge in [-0.2, -0.15) is 0 Å². The maximum atomic E-state index is 12.5. The van der Waals surface area contributed by atoms with Crippen LogP contribution in [0, 0.1) is 0 Å². The van der Waals surface area contributed by atoms with Crippen molar-refractivity contribution in [2.24, 2.45) is 5.73 Å². The first-order valence-corrected chi connectivity index (χ1v) is 23.6. The Morgan fingerprint density at radius 2 is 0.815 bits per heavy atom. The van der Waals surface area contributed by atoms with Crippen LogP contribution in [-0.4, -0.2) is 59.9 Å². The monoisotopic (exact) mass is 792 g/mol. The number of ether oxygens (including phenoxy) is 2. The average molecular weight is 792 g/mol. The van der Waals surface area contributed by atoms with E-state index in [1.807, 2.05) is 0 Å². The largest absolute Gasteiger partial charge is 0.480 e. The molecule has 54 heavy (non-hydrogen) atoms. The lowest BCUT2D eigenvalue weighted by Crippen LogP contribution is -2.34. The highest BCUT2D eigenvalue weighted by molar-refractivity contribution is 7.47. The van der Waals surface area contributed by atoms with E-state index in [0.717, 1.165) is 38.5 Å². The van der Waals surface area contributed by atoms with Gasteiger partial charge in [-0.25, -0.2) is 4.57 Å². The van der Waals surface area contributed by atoms with Crippen molar-refractivity contribution in [3.05, 3.63) is 0 Å². The Morgan fingerprint density at radius 3 is 1.17 bits per heavy atom. The molecule has 0 saturated heterocycles. The number of unbranched alkanes of at least 4 members (excludes halogenated alkanes) is 28. The van der Waals surface area contributed by atoms with Gasteiger partial charge < -0.3 is 25.2 Å². The number of nitrogens with two attached hydrogens (primary N) is 1. The first-order valence-electron chi connectivity index (χ1n) is 22.1. The second-order valence-electron chi connectivity index (χ2n) is 15.2. The Bertz CT molecular complexity index is 937. The summed E-state index contributed by atoms with van der Waals surface area (Å²) in [6.07, 6.45) is 36.3. The fourth-order valence-electron chi connectivity index (χ4n) is 6.36. The van der Waals surface area contributed by atoms with Crippen LogP contribution in [0.4, 0.5) is 0 Å². The first kappa shape index (κ1) is 52.5. The molecule has 0 heterocycles. The molecule has 1 unspecified atom stereocenters. The molecule has 0 amide bonds. The lowest BCUT2D eigenvalue weighted by Gasteiger charge is -2.20. The van der Waals surface area contributed by atoms with Crippen LogP contribution in [0.15, 0.2) is 0 Å². The predicted octanol–water partition coefficient (Wildman–Crippen LogP) is 11.5. The number of aliphatic carboxylic acids is 1. The number of phosphoric ester groups is 1. The Hall–Kier alpha value is -1.52. The Kier molecular flexibility index (Phi) is 37.3. The number of hydrogen-bond donors (Lipinski definition) is 3. The van der Waals surface area contributed by atoms with Crippen LogP contribution in [0.3, 0.4) is 0 Å². The van der Waals surface area contributed by atoms with Gasteiger partial charge in [0.2, 0.25) is 0 Å². The molecule has 0 bridgehead atoms. The number of carbonyl (C=O) groups excluding carboxylic acids is 2. The molecule has 4 N–H and O–H groups in total. The number of carboxylic acid groups (broad SMARTS) is 1. The maximum absolute atomic E-state index is 12.5. The van der Waals surface area contributed by atoms with Gasteiger partial charge >= 0.3 is 25.7 Å². The summed E-state index contributed by atoms with van der Waals surface area (Å²) in [5.74, 6) is -2.37. The van der Waals surface area contributed by atoms with E-state index in [1.165, 1.54) is 141 Å². The van der Waals surface area contributed by atoms with Crippen LogP contribution in [0.2, 0.25) is 0 Å². The summed E-state index contributed by atoms with van der Waals surface area (Å²) in [6.45, 7) is 2.79. The molecule has 0 fully saturated rings.